The zero-order chi connectivity index (χ0) is 39.7. The van der Waals surface area contributed by atoms with Gasteiger partial charge in [0.15, 0.2) is 0 Å². The number of imide groups is 2. The van der Waals surface area contributed by atoms with Crippen molar-refractivity contribution in [3.63, 3.8) is 0 Å². The van der Waals surface area contributed by atoms with Crippen LogP contribution in [0.2, 0.25) is 0 Å². The third-order valence-electron chi connectivity index (χ3n) is 10.7. The van der Waals surface area contributed by atoms with Crippen LogP contribution in [0.15, 0.2) is 103 Å². The molecule has 3 heterocycles. The second-order valence-electron chi connectivity index (χ2n) is 14.3. The van der Waals surface area contributed by atoms with E-state index in [1.54, 1.807) is 18.2 Å². The molecule has 7 rings (SSSR count). The monoisotopic (exact) mass is 787 g/mol. The molecule has 2 fully saturated rings. The van der Waals surface area contributed by atoms with Crippen molar-refractivity contribution in [2.75, 3.05) is 57.1 Å². The smallest absolute Gasteiger partial charge is 0.264 e. The SMILES string of the molecule is O=C1CCC(N2C(=O)c3cccc(NCCCC(=O)N4CCN(CCOc5ccc(/C(=C(/CCCl)c6ccccc6)c6ccccc6)cc5)CC4)c3C2=O)C(=O)N1. The van der Waals surface area contributed by atoms with Crippen molar-refractivity contribution in [2.45, 2.75) is 38.1 Å². The second kappa shape index (κ2) is 18.4. The minimum Gasteiger partial charge on any atom is -0.492 e. The van der Waals surface area contributed by atoms with Crippen LogP contribution in [0.3, 0.4) is 0 Å². The second-order valence-corrected chi connectivity index (χ2v) is 14.7. The minimum absolute atomic E-state index is 0.0596. The number of anilines is 1. The summed E-state index contributed by atoms with van der Waals surface area (Å²) in [5.41, 5.74) is 6.66. The number of hydrogen-bond acceptors (Lipinski definition) is 8. The van der Waals surface area contributed by atoms with Crippen molar-refractivity contribution in [3.05, 3.63) is 131 Å². The molecule has 1 unspecified atom stereocenters. The topological polar surface area (TPSA) is 128 Å². The Bertz CT molecular complexity index is 2130. The van der Waals surface area contributed by atoms with Crippen LogP contribution in [0.25, 0.3) is 11.1 Å². The predicted molar refractivity (Wildman–Crippen MR) is 220 cm³/mol. The van der Waals surface area contributed by atoms with E-state index in [0.29, 0.717) is 50.7 Å². The molecule has 0 saturated carbocycles. The minimum atomic E-state index is -1.02. The molecule has 4 aromatic carbocycles. The fourth-order valence-corrected chi connectivity index (χ4v) is 7.97. The lowest BCUT2D eigenvalue weighted by molar-refractivity contribution is -0.136. The van der Waals surface area contributed by atoms with Gasteiger partial charge in [-0.25, -0.2) is 0 Å². The number of piperazine rings is 1. The molecule has 2 saturated heterocycles. The van der Waals surface area contributed by atoms with E-state index in [4.69, 9.17) is 16.3 Å². The summed E-state index contributed by atoms with van der Waals surface area (Å²) in [5.74, 6) is -0.783. The van der Waals surface area contributed by atoms with Gasteiger partial charge >= 0.3 is 0 Å². The maximum atomic E-state index is 13.3. The predicted octanol–water partition coefficient (Wildman–Crippen LogP) is 6.09. The number of carbonyl (C=O) groups is 5. The molecule has 12 heteroatoms. The summed E-state index contributed by atoms with van der Waals surface area (Å²) in [4.78, 5) is 68.7. The first-order chi connectivity index (χ1) is 27.8. The number of ether oxygens (including phenoxy) is 1. The highest BCUT2D eigenvalue weighted by molar-refractivity contribution is 6.25. The van der Waals surface area contributed by atoms with E-state index in [0.717, 1.165) is 59.0 Å². The number of halogens is 1. The van der Waals surface area contributed by atoms with E-state index in [-0.39, 0.29) is 29.9 Å². The van der Waals surface area contributed by atoms with Gasteiger partial charge in [0.25, 0.3) is 11.8 Å². The number of hydrogen-bond donors (Lipinski definition) is 2. The van der Waals surface area contributed by atoms with Crippen LogP contribution >= 0.6 is 11.6 Å². The third kappa shape index (κ3) is 9.11. The van der Waals surface area contributed by atoms with Gasteiger partial charge in [0, 0.05) is 63.7 Å². The molecule has 3 aliphatic rings. The molecule has 1 atom stereocenters. The molecule has 2 N–H and O–H groups in total. The first-order valence-electron chi connectivity index (χ1n) is 19.5. The summed E-state index contributed by atoms with van der Waals surface area (Å²) in [7, 11) is 0. The van der Waals surface area contributed by atoms with Crippen LogP contribution in [0.1, 0.15) is 69.5 Å². The van der Waals surface area contributed by atoms with Gasteiger partial charge in [-0.05, 0) is 71.4 Å². The molecule has 0 radical (unpaired) electrons. The number of nitrogens with one attached hydrogen (secondary N) is 2. The van der Waals surface area contributed by atoms with Gasteiger partial charge in [-0.1, -0.05) is 78.9 Å². The summed E-state index contributed by atoms with van der Waals surface area (Å²) in [6.07, 6.45) is 1.78. The lowest BCUT2D eigenvalue weighted by Crippen LogP contribution is -2.54. The molecule has 5 amide bonds. The average molecular weight is 788 g/mol. The van der Waals surface area contributed by atoms with Crippen LogP contribution in [0, 0.1) is 0 Å². The molecule has 3 aliphatic heterocycles. The average Bonchev–Trinajstić information content (AvgIpc) is 3.49. The molecule has 11 nitrogen and oxygen atoms in total. The quantitative estimate of drug-likeness (QED) is 0.0642. The fraction of sp³-hybridized carbons (Fsp3) is 0.311. The van der Waals surface area contributed by atoms with E-state index < -0.39 is 29.7 Å². The Morgan fingerprint density at radius 1 is 0.772 bits per heavy atom. The van der Waals surface area contributed by atoms with Crippen LogP contribution < -0.4 is 15.4 Å². The Kier molecular flexibility index (Phi) is 12.8. The van der Waals surface area contributed by atoms with Crippen LogP contribution in [0.4, 0.5) is 5.69 Å². The Labute approximate surface area is 337 Å². The number of rotatable bonds is 15. The van der Waals surface area contributed by atoms with E-state index in [2.05, 4.69) is 76.2 Å². The first kappa shape index (κ1) is 39.5. The Morgan fingerprint density at radius 3 is 2.14 bits per heavy atom. The van der Waals surface area contributed by atoms with Gasteiger partial charge in [0.05, 0.1) is 11.1 Å². The lowest BCUT2D eigenvalue weighted by Gasteiger charge is -2.34. The molecule has 0 spiro atoms. The maximum absolute atomic E-state index is 13.3. The Hall–Kier alpha value is -5.78. The highest BCUT2D eigenvalue weighted by atomic mass is 35.5. The summed E-state index contributed by atoms with van der Waals surface area (Å²) in [5, 5.41) is 5.43. The number of amides is 5. The van der Waals surface area contributed by atoms with Gasteiger partial charge in [-0.3, -0.25) is 39.1 Å². The molecule has 4 aromatic rings. The zero-order valence-electron chi connectivity index (χ0n) is 31.8. The van der Waals surface area contributed by atoms with Gasteiger partial charge in [-0.15, -0.1) is 11.6 Å². The van der Waals surface area contributed by atoms with E-state index in [1.807, 2.05) is 29.2 Å². The largest absolute Gasteiger partial charge is 0.492 e. The standard InChI is InChI=1S/C45H46ClN5O6/c46-23-22-35(31-9-3-1-4-10-31)41(32-11-5-2-6-12-32)33-16-18-34(19-17-33)57-30-29-49-25-27-50(28-26-49)40(53)15-8-24-47-37-14-7-13-36-42(37)45(56)51(44(36)55)38-20-21-39(52)48-43(38)54/h1-7,9-14,16-19,38,47H,8,15,20-30H2,(H,48,52,54)/b41-35-. The number of allylic oxidation sites excluding steroid dienone is 1. The number of fused-ring (bicyclic) bond motifs is 1. The normalized spacial score (nSPS) is 17.6. The summed E-state index contributed by atoms with van der Waals surface area (Å²) in [6.45, 7) is 4.50. The van der Waals surface area contributed by atoms with Gasteiger partial charge in [0.2, 0.25) is 17.7 Å². The van der Waals surface area contributed by atoms with Crippen LogP contribution in [0.5, 0.6) is 5.75 Å². The molecular formula is C45H46ClN5O6. The highest BCUT2D eigenvalue weighted by Gasteiger charge is 2.45. The van der Waals surface area contributed by atoms with Gasteiger partial charge in [0.1, 0.15) is 18.4 Å². The summed E-state index contributed by atoms with van der Waals surface area (Å²) in [6, 6.07) is 33.0. The van der Waals surface area contributed by atoms with E-state index >= 15 is 0 Å². The molecule has 0 aromatic heterocycles. The maximum Gasteiger partial charge on any atom is 0.264 e. The van der Waals surface area contributed by atoms with Crippen molar-refractivity contribution in [3.8, 4) is 5.75 Å². The molecule has 0 bridgehead atoms. The van der Waals surface area contributed by atoms with Crippen LogP contribution in [-0.2, 0) is 14.4 Å². The third-order valence-corrected chi connectivity index (χ3v) is 10.9. The fourth-order valence-electron chi connectivity index (χ4n) is 7.78. The van der Waals surface area contributed by atoms with Crippen molar-refractivity contribution in [1.29, 1.82) is 0 Å². The van der Waals surface area contributed by atoms with Gasteiger partial charge < -0.3 is 15.0 Å². The zero-order valence-corrected chi connectivity index (χ0v) is 32.5. The number of alkyl halides is 1. The number of carbonyl (C=O) groups excluding carboxylic acids is 5. The lowest BCUT2D eigenvalue weighted by atomic mass is 9.88. The highest BCUT2D eigenvalue weighted by Crippen LogP contribution is 2.36. The first-order valence-corrected chi connectivity index (χ1v) is 20.1. The van der Waals surface area contributed by atoms with Crippen molar-refractivity contribution in [2.24, 2.45) is 0 Å². The number of benzene rings is 4. The van der Waals surface area contributed by atoms with Gasteiger partial charge in [-0.2, -0.15) is 0 Å². The molecule has 57 heavy (non-hydrogen) atoms. The molecular weight excluding hydrogens is 742 g/mol. The van der Waals surface area contributed by atoms with E-state index in [1.165, 1.54) is 5.57 Å². The van der Waals surface area contributed by atoms with Crippen molar-refractivity contribution < 1.29 is 28.7 Å². The number of nitrogens with zero attached hydrogens (tertiary/aromatic N) is 3. The Balaban J connectivity index is 0.857. The molecule has 0 aliphatic carbocycles. The summed E-state index contributed by atoms with van der Waals surface area (Å²) >= 11 is 6.32. The van der Waals surface area contributed by atoms with Crippen molar-refractivity contribution >= 4 is 58.0 Å². The van der Waals surface area contributed by atoms with E-state index in [9.17, 15) is 24.0 Å². The van der Waals surface area contributed by atoms with Crippen LogP contribution in [-0.4, -0.2) is 102 Å². The van der Waals surface area contributed by atoms with Crippen molar-refractivity contribution in [1.82, 2.24) is 20.0 Å². The Morgan fingerprint density at radius 2 is 1.46 bits per heavy atom. The molecule has 294 valence electrons. The summed E-state index contributed by atoms with van der Waals surface area (Å²) < 4.78 is 6.16. The number of piperidine rings is 1.